The van der Waals surface area contributed by atoms with Crippen LogP contribution in [0.3, 0.4) is 0 Å². The van der Waals surface area contributed by atoms with Crippen LogP contribution in [0.5, 0.6) is 23.0 Å². The van der Waals surface area contributed by atoms with Gasteiger partial charge in [-0.25, -0.2) is 0 Å². The van der Waals surface area contributed by atoms with Crippen molar-refractivity contribution in [2.45, 2.75) is 12.8 Å². The summed E-state index contributed by atoms with van der Waals surface area (Å²) in [4.78, 5) is 24.6. The van der Waals surface area contributed by atoms with Crippen LogP contribution in [0.4, 0.5) is 0 Å². The maximum atomic E-state index is 12.4. The third-order valence-electron chi connectivity index (χ3n) is 3.97. The van der Waals surface area contributed by atoms with Crippen LogP contribution in [-0.2, 0) is 0 Å². The van der Waals surface area contributed by atoms with Gasteiger partial charge in [0.25, 0.3) is 0 Å². The van der Waals surface area contributed by atoms with Crippen molar-refractivity contribution in [1.29, 1.82) is 0 Å². The molecule has 0 unspecified atom stereocenters. The third kappa shape index (κ3) is 3.57. The van der Waals surface area contributed by atoms with E-state index in [1.807, 2.05) is 0 Å². The monoisotopic (exact) mass is 342 g/mol. The fraction of sp³-hybridized carbons (Fsp3) is 0.263. The summed E-state index contributed by atoms with van der Waals surface area (Å²) in [6.07, 6.45) is 0.0527. The highest BCUT2D eigenvalue weighted by Crippen LogP contribution is 2.41. The van der Waals surface area contributed by atoms with E-state index in [2.05, 4.69) is 0 Å². The van der Waals surface area contributed by atoms with Crippen molar-refractivity contribution >= 4 is 11.6 Å². The lowest BCUT2D eigenvalue weighted by Crippen LogP contribution is -2.16. The Bertz CT molecular complexity index is 794. The zero-order chi connectivity index (χ0) is 17.8. The molecule has 1 heterocycles. The van der Waals surface area contributed by atoms with Gasteiger partial charge in [0.1, 0.15) is 19.0 Å². The lowest BCUT2D eigenvalue weighted by Gasteiger charge is -2.20. The van der Waals surface area contributed by atoms with Crippen LogP contribution in [0, 0.1) is 0 Å². The Balaban J connectivity index is 1.67. The molecule has 0 bridgehead atoms. The largest absolute Gasteiger partial charge is 0.504 e. The molecule has 0 aromatic heterocycles. The van der Waals surface area contributed by atoms with Gasteiger partial charge in [0.2, 0.25) is 5.75 Å². The van der Waals surface area contributed by atoms with Gasteiger partial charge in [-0.2, -0.15) is 0 Å². The Kier molecular flexibility index (Phi) is 4.88. The minimum absolute atomic E-state index is 0.00192. The number of ether oxygens (including phenoxy) is 3. The molecule has 0 saturated carbocycles. The van der Waals surface area contributed by atoms with Crippen LogP contribution in [0.15, 0.2) is 36.4 Å². The molecule has 1 aliphatic heterocycles. The maximum absolute atomic E-state index is 12.4. The number of hydrogen-bond acceptors (Lipinski definition) is 6. The molecule has 1 N–H and O–H groups in total. The zero-order valence-electron chi connectivity index (χ0n) is 13.8. The lowest BCUT2D eigenvalue weighted by molar-refractivity contribution is 0.0914. The normalized spacial score (nSPS) is 12.5. The molecule has 25 heavy (non-hydrogen) atoms. The molecule has 1 aliphatic rings. The highest BCUT2D eigenvalue weighted by Gasteiger charge is 2.22. The van der Waals surface area contributed by atoms with Crippen molar-refractivity contribution < 1.29 is 28.9 Å². The minimum atomic E-state index is -0.323. The van der Waals surface area contributed by atoms with E-state index >= 15 is 0 Å². The molecule has 2 aromatic carbocycles. The van der Waals surface area contributed by atoms with Crippen LogP contribution < -0.4 is 14.2 Å². The lowest BCUT2D eigenvalue weighted by atomic mass is 10.0. The molecule has 3 rings (SSSR count). The number of phenols is 1. The first-order valence-electron chi connectivity index (χ1n) is 7.92. The zero-order valence-corrected chi connectivity index (χ0v) is 13.8. The van der Waals surface area contributed by atoms with E-state index in [-0.39, 0.29) is 41.5 Å². The number of hydrogen-bond donors (Lipinski definition) is 1. The second kappa shape index (κ2) is 7.25. The van der Waals surface area contributed by atoms with Crippen LogP contribution in [0.2, 0.25) is 0 Å². The van der Waals surface area contributed by atoms with Gasteiger partial charge in [0, 0.05) is 18.4 Å². The Morgan fingerprint density at radius 2 is 1.68 bits per heavy atom. The first kappa shape index (κ1) is 16.8. The third-order valence-corrected chi connectivity index (χ3v) is 3.97. The van der Waals surface area contributed by atoms with Crippen molar-refractivity contribution in [2.24, 2.45) is 0 Å². The number of methoxy groups -OCH3 is 1. The van der Waals surface area contributed by atoms with E-state index in [0.29, 0.717) is 30.3 Å². The number of fused-ring (bicyclic) bond motifs is 1. The van der Waals surface area contributed by atoms with Crippen LogP contribution in [0.1, 0.15) is 33.6 Å². The van der Waals surface area contributed by atoms with E-state index in [1.54, 1.807) is 37.4 Å². The van der Waals surface area contributed by atoms with Crippen LogP contribution >= 0.6 is 0 Å². The van der Waals surface area contributed by atoms with Crippen molar-refractivity contribution in [2.75, 3.05) is 20.3 Å². The van der Waals surface area contributed by atoms with E-state index < -0.39 is 0 Å². The van der Waals surface area contributed by atoms with Gasteiger partial charge in [-0.05, 0) is 36.4 Å². The number of Topliss-reactive ketones (excluding diaryl/α,β-unsaturated/α-hetero) is 2. The molecule has 0 aliphatic carbocycles. The summed E-state index contributed by atoms with van der Waals surface area (Å²) < 4.78 is 15.8. The molecule has 0 atom stereocenters. The number of phenolic OH excluding ortho intramolecular Hbond substituents is 1. The highest BCUT2D eigenvalue weighted by molar-refractivity contribution is 6.04. The molecule has 0 spiro atoms. The predicted octanol–water partition coefficient (Wildman–Crippen LogP) is 3.02. The number of ketones is 2. The Labute approximate surface area is 144 Å². The summed E-state index contributed by atoms with van der Waals surface area (Å²) >= 11 is 0. The fourth-order valence-corrected chi connectivity index (χ4v) is 2.61. The second-order valence-corrected chi connectivity index (χ2v) is 5.56. The van der Waals surface area contributed by atoms with Crippen molar-refractivity contribution in [3.63, 3.8) is 0 Å². The minimum Gasteiger partial charge on any atom is -0.504 e. The number of carbonyl (C=O) groups excluding carboxylic acids is 2. The van der Waals surface area contributed by atoms with Crippen molar-refractivity contribution in [1.82, 2.24) is 0 Å². The van der Waals surface area contributed by atoms with Crippen molar-refractivity contribution in [3.8, 4) is 23.0 Å². The number of benzene rings is 2. The van der Waals surface area contributed by atoms with Crippen LogP contribution in [-0.4, -0.2) is 37.0 Å². The molecule has 6 heteroatoms. The van der Waals surface area contributed by atoms with E-state index in [1.165, 1.54) is 6.07 Å². The smallest absolute Gasteiger partial charge is 0.204 e. The Hall–Kier alpha value is -3.02. The quantitative estimate of drug-likeness (QED) is 0.813. The maximum Gasteiger partial charge on any atom is 0.204 e. The molecule has 0 saturated heterocycles. The second-order valence-electron chi connectivity index (χ2n) is 5.56. The van der Waals surface area contributed by atoms with Gasteiger partial charge in [-0.1, -0.05) is 0 Å². The van der Waals surface area contributed by atoms with Gasteiger partial charge in [0.15, 0.2) is 23.1 Å². The van der Waals surface area contributed by atoms with E-state index in [0.717, 1.165) is 0 Å². The van der Waals surface area contributed by atoms with Gasteiger partial charge in [-0.15, -0.1) is 0 Å². The summed E-state index contributed by atoms with van der Waals surface area (Å²) in [6, 6.07) is 9.79. The summed E-state index contributed by atoms with van der Waals surface area (Å²) in [6.45, 7) is 0.713. The first-order valence-corrected chi connectivity index (χ1v) is 7.92. The summed E-state index contributed by atoms with van der Waals surface area (Å²) in [7, 11) is 1.55. The van der Waals surface area contributed by atoms with E-state index in [9.17, 15) is 14.7 Å². The highest BCUT2D eigenvalue weighted by atomic mass is 16.6. The standard InChI is InChI=1S/C19H18O6/c1-23-13-4-2-12(3-5-13)15(20)7-8-16(21)14-6-9-17-19(18(14)22)25-11-10-24-17/h2-6,9,22H,7-8,10-11H2,1H3. The predicted molar refractivity (Wildman–Crippen MR) is 90.0 cm³/mol. The SMILES string of the molecule is COc1ccc(C(=O)CCC(=O)c2ccc3c(c2O)OCCO3)cc1. The molecule has 2 aromatic rings. The van der Waals surface area contributed by atoms with Gasteiger partial charge >= 0.3 is 0 Å². The topological polar surface area (TPSA) is 82.1 Å². The number of aromatic hydroxyl groups is 1. The molecule has 0 radical (unpaired) electrons. The average molecular weight is 342 g/mol. The molecular formula is C19H18O6. The molecule has 0 fully saturated rings. The summed E-state index contributed by atoms with van der Waals surface area (Å²) in [5.74, 6) is 0.547. The first-order chi connectivity index (χ1) is 12.1. The molecule has 6 nitrogen and oxygen atoms in total. The number of rotatable bonds is 6. The fourth-order valence-electron chi connectivity index (χ4n) is 2.61. The molecule has 130 valence electrons. The Morgan fingerprint density at radius 3 is 2.40 bits per heavy atom. The Morgan fingerprint density at radius 1 is 1.00 bits per heavy atom. The molecule has 0 amide bonds. The van der Waals surface area contributed by atoms with Crippen molar-refractivity contribution in [3.05, 3.63) is 47.5 Å². The van der Waals surface area contributed by atoms with Gasteiger partial charge < -0.3 is 19.3 Å². The van der Waals surface area contributed by atoms with E-state index in [4.69, 9.17) is 14.2 Å². The van der Waals surface area contributed by atoms with Crippen LogP contribution in [0.25, 0.3) is 0 Å². The summed E-state index contributed by atoms with van der Waals surface area (Å²) in [5.41, 5.74) is 0.645. The average Bonchev–Trinajstić information content (AvgIpc) is 2.66. The summed E-state index contributed by atoms with van der Waals surface area (Å²) in [5, 5.41) is 10.2. The number of carbonyl (C=O) groups is 2. The van der Waals surface area contributed by atoms with Gasteiger partial charge in [0.05, 0.1) is 12.7 Å². The van der Waals surface area contributed by atoms with Gasteiger partial charge in [-0.3, -0.25) is 9.59 Å². The molecular weight excluding hydrogens is 324 g/mol.